The highest BCUT2D eigenvalue weighted by Crippen LogP contribution is 2.34. The van der Waals surface area contributed by atoms with Gasteiger partial charge in [0.1, 0.15) is 0 Å². The molecular formula is C23H30ClN5O3S. The van der Waals surface area contributed by atoms with Gasteiger partial charge in [-0.1, -0.05) is 35.5 Å². The van der Waals surface area contributed by atoms with Crippen molar-refractivity contribution in [3.8, 4) is 5.69 Å². The average molecular weight is 492 g/mol. The third kappa shape index (κ3) is 5.30. The van der Waals surface area contributed by atoms with Gasteiger partial charge in [0.05, 0.1) is 28.5 Å². The molecule has 0 spiro atoms. The minimum absolute atomic E-state index is 0.0405. The number of nitrogens with zero attached hydrogens (tertiary/aromatic N) is 5. The summed E-state index contributed by atoms with van der Waals surface area (Å²) in [5.41, 5.74) is 0.809. The summed E-state index contributed by atoms with van der Waals surface area (Å²) in [5, 5.41) is 9.83. The van der Waals surface area contributed by atoms with Crippen molar-refractivity contribution in [1.29, 1.82) is 0 Å². The van der Waals surface area contributed by atoms with E-state index in [0.717, 1.165) is 37.6 Å². The van der Waals surface area contributed by atoms with Crippen LogP contribution in [-0.4, -0.2) is 69.6 Å². The molecule has 1 atom stereocenters. The highest BCUT2D eigenvalue weighted by molar-refractivity contribution is 8.00. The molecule has 0 aliphatic carbocycles. The predicted molar refractivity (Wildman–Crippen MR) is 129 cm³/mol. The molecule has 1 aromatic carbocycles. The van der Waals surface area contributed by atoms with E-state index in [9.17, 15) is 9.59 Å². The predicted octanol–water partition coefficient (Wildman–Crippen LogP) is 3.80. The van der Waals surface area contributed by atoms with Crippen LogP contribution in [0.3, 0.4) is 0 Å². The molecule has 0 radical (unpaired) electrons. The Morgan fingerprint density at radius 3 is 2.52 bits per heavy atom. The Hall–Kier alpha value is -2.26. The van der Waals surface area contributed by atoms with Crippen molar-refractivity contribution in [2.75, 3.05) is 37.7 Å². The summed E-state index contributed by atoms with van der Waals surface area (Å²) in [7, 11) is 0. The lowest BCUT2D eigenvalue weighted by molar-refractivity contribution is -0.151. The number of likely N-dealkylation sites (tertiary alicyclic amines) is 1. The largest absolute Gasteiger partial charge is 0.466 e. The van der Waals surface area contributed by atoms with E-state index in [4.69, 9.17) is 16.3 Å². The van der Waals surface area contributed by atoms with Crippen LogP contribution in [0, 0.1) is 5.92 Å². The zero-order valence-electron chi connectivity index (χ0n) is 19.1. The van der Waals surface area contributed by atoms with Crippen LogP contribution in [0.25, 0.3) is 5.69 Å². The molecule has 1 unspecified atom stereocenters. The van der Waals surface area contributed by atoms with Crippen LogP contribution in [-0.2, 0) is 14.3 Å². The normalized spacial score (nSPS) is 17.9. The maximum absolute atomic E-state index is 13.2. The molecule has 2 fully saturated rings. The Balaban J connectivity index is 1.49. The highest BCUT2D eigenvalue weighted by atomic mass is 35.5. The van der Waals surface area contributed by atoms with Crippen LogP contribution in [0.4, 0.5) is 5.95 Å². The van der Waals surface area contributed by atoms with Gasteiger partial charge < -0.3 is 14.5 Å². The van der Waals surface area contributed by atoms with Gasteiger partial charge in [-0.2, -0.15) is 0 Å². The summed E-state index contributed by atoms with van der Waals surface area (Å²) >= 11 is 7.92. The molecule has 2 aliphatic heterocycles. The average Bonchev–Trinajstić information content (AvgIpc) is 3.49. The fourth-order valence-corrected chi connectivity index (χ4v) is 5.53. The van der Waals surface area contributed by atoms with Gasteiger partial charge in [0.25, 0.3) is 0 Å². The second-order valence-corrected chi connectivity index (χ2v) is 10.1. The van der Waals surface area contributed by atoms with Crippen LogP contribution >= 0.6 is 23.4 Å². The first-order valence-corrected chi connectivity index (χ1v) is 12.8. The van der Waals surface area contributed by atoms with E-state index < -0.39 is 0 Å². The van der Waals surface area contributed by atoms with Crippen LogP contribution in [0.15, 0.2) is 29.4 Å². The lowest BCUT2D eigenvalue weighted by atomic mass is 9.97. The van der Waals surface area contributed by atoms with Crippen LogP contribution in [0.1, 0.15) is 39.5 Å². The van der Waals surface area contributed by atoms with Crippen LogP contribution in [0.5, 0.6) is 0 Å². The van der Waals surface area contributed by atoms with E-state index in [0.29, 0.717) is 42.7 Å². The zero-order valence-corrected chi connectivity index (χ0v) is 20.6. The first kappa shape index (κ1) is 23.9. The number of benzene rings is 1. The van der Waals surface area contributed by atoms with Gasteiger partial charge in [-0.3, -0.25) is 14.2 Å². The summed E-state index contributed by atoms with van der Waals surface area (Å²) in [5.74, 6) is 0.523. The molecule has 1 aromatic heterocycles. The second-order valence-electron chi connectivity index (χ2n) is 8.38. The number of esters is 1. The smallest absolute Gasteiger partial charge is 0.309 e. The molecular weight excluding hydrogens is 462 g/mol. The monoisotopic (exact) mass is 491 g/mol. The van der Waals surface area contributed by atoms with Crippen molar-refractivity contribution < 1.29 is 14.3 Å². The number of para-hydroxylation sites is 1. The Labute approximate surface area is 203 Å². The van der Waals surface area contributed by atoms with E-state index in [-0.39, 0.29) is 23.0 Å². The van der Waals surface area contributed by atoms with Gasteiger partial charge in [0.15, 0.2) is 5.16 Å². The molecule has 8 nitrogen and oxygen atoms in total. The molecule has 178 valence electrons. The number of carbonyl (C=O) groups is 2. The fraction of sp³-hybridized carbons (Fsp3) is 0.565. The molecule has 2 aliphatic rings. The summed E-state index contributed by atoms with van der Waals surface area (Å²) in [6, 6.07) is 7.62. The topological polar surface area (TPSA) is 80.6 Å². The van der Waals surface area contributed by atoms with E-state index >= 15 is 0 Å². The van der Waals surface area contributed by atoms with E-state index in [1.165, 1.54) is 11.8 Å². The summed E-state index contributed by atoms with van der Waals surface area (Å²) in [4.78, 5) is 29.2. The number of rotatable bonds is 7. The van der Waals surface area contributed by atoms with Gasteiger partial charge in [-0.05, 0) is 51.7 Å². The van der Waals surface area contributed by atoms with Crippen molar-refractivity contribution in [2.45, 2.75) is 49.9 Å². The number of aromatic nitrogens is 3. The lowest BCUT2D eigenvalue weighted by Gasteiger charge is -2.32. The molecule has 0 N–H and O–H groups in total. The maximum atomic E-state index is 13.2. The number of ether oxygens (including phenoxy) is 1. The molecule has 2 saturated heterocycles. The van der Waals surface area contributed by atoms with Gasteiger partial charge in [0.2, 0.25) is 11.9 Å². The Morgan fingerprint density at radius 2 is 1.85 bits per heavy atom. The minimum Gasteiger partial charge on any atom is -0.466 e. The van der Waals surface area contributed by atoms with Crippen LogP contribution in [0.2, 0.25) is 5.02 Å². The Morgan fingerprint density at radius 1 is 1.15 bits per heavy atom. The Kier molecular flexibility index (Phi) is 7.80. The van der Waals surface area contributed by atoms with Crippen molar-refractivity contribution in [2.24, 2.45) is 5.92 Å². The van der Waals surface area contributed by atoms with Gasteiger partial charge in [-0.15, -0.1) is 10.2 Å². The second kappa shape index (κ2) is 10.8. The number of halogens is 1. The highest BCUT2D eigenvalue weighted by Gasteiger charge is 2.32. The first-order chi connectivity index (χ1) is 16.0. The molecule has 4 rings (SSSR count). The number of anilines is 1. The summed E-state index contributed by atoms with van der Waals surface area (Å²) in [6.07, 6.45) is 3.51. The first-order valence-electron chi connectivity index (χ1n) is 11.6. The standard InChI is InChI=1S/C23H30ClN5O3S/c1-3-32-21(31)17-10-14-27(15-11-17)20(30)16(2)33-23-26-25-22(28-12-6-7-13-28)29(23)19-9-5-4-8-18(19)24/h4-5,8-9,16-17H,3,6-7,10-15H2,1-2H3. The lowest BCUT2D eigenvalue weighted by Crippen LogP contribution is -2.43. The van der Waals surface area contributed by atoms with Gasteiger partial charge in [0, 0.05) is 26.2 Å². The molecule has 3 heterocycles. The van der Waals surface area contributed by atoms with Gasteiger partial charge >= 0.3 is 5.97 Å². The molecule has 33 heavy (non-hydrogen) atoms. The molecule has 0 bridgehead atoms. The van der Waals surface area contributed by atoms with E-state index in [1.807, 2.05) is 47.6 Å². The van der Waals surface area contributed by atoms with Crippen LogP contribution < -0.4 is 4.90 Å². The van der Waals surface area contributed by atoms with E-state index in [2.05, 4.69) is 15.1 Å². The molecule has 2 aromatic rings. The zero-order chi connectivity index (χ0) is 23.4. The van der Waals surface area contributed by atoms with Crippen molar-refractivity contribution in [1.82, 2.24) is 19.7 Å². The van der Waals surface area contributed by atoms with Crippen molar-refractivity contribution in [3.63, 3.8) is 0 Å². The molecule has 10 heteroatoms. The van der Waals surface area contributed by atoms with Gasteiger partial charge in [-0.25, -0.2) is 0 Å². The summed E-state index contributed by atoms with van der Waals surface area (Å²) in [6.45, 7) is 7.07. The SMILES string of the molecule is CCOC(=O)C1CCN(C(=O)C(C)Sc2nnc(N3CCCC3)n2-c2ccccc2Cl)CC1. The third-order valence-electron chi connectivity index (χ3n) is 6.16. The minimum atomic E-state index is -0.346. The maximum Gasteiger partial charge on any atom is 0.309 e. The summed E-state index contributed by atoms with van der Waals surface area (Å²) < 4.78 is 7.10. The van der Waals surface area contributed by atoms with Crippen molar-refractivity contribution in [3.05, 3.63) is 29.3 Å². The number of hydrogen-bond acceptors (Lipinski definition) is 7. The molecule has 0 saturated carbocycles. The number of hydrogen-bond donors (Lipinski definition) is 0. The quantitative estimate of drug-likeness (QED) is 0.430. The fourth-order valence-electron chi connectivity index (χ4n) is 4.37. The number of carbonyl (C=O) groups excluding carboxylic acids is 2. The molecule has 1 amide bonds. The number of amides is 1. The number of piperidine rings is 1. The Bertz CT molecular complexity index is 986. The van der Waals surface area contributed by atoms with E-state index in [1.54, 1.807) is 0 Å². The van der Waals surface area contributed by atoms with Crippen molar-refractivity contribution >= 4 is 41.2 Å². The number of thioether (sulfide) groups is 1. The third-order valence-corrected chi connectivity index (χ3v) is 7.50.